The highest BCUT2D eigenvalue weighted by molar-refractivity contribution is 7.99. The summed E-state index contributed by atoms with van der Waals surface area (Å²) < 4.78 is 6.66. The summed E-state index contributed by atoms with van der Waals surface area (Å²) in [5, 5.41) is 3.82. The van der Waals surface area contributed by atoms with Gasteiger partial charge in [0.1, 0.15) is 10.4 Å². The monoisotopic (exact) mass is 391 g/mol. The van der Waals surface area contributed by atoms with Crippen molar-refractivity contribution in [1.29, 1.82) is 0 Å². The Kier molecular flexibility index (Phi) is 5.52. The fourth-order valence-electron chi connectivity index (χ4n) is 2.35. The van der Waals surface area contributed by atoms with Crippen LogP contribution in [0.4, 0.5) is 5.13 Å². The highest BCUT2D eigenvalue weighted by atomic mass is 32.2. The molecular weight excluding hydrogens is 374 g/mol. The predicted octanol–water partition coefficient (Wildman–Crippen LogP) is 2.73. The van der Waals surface area contributed by atoms with Crippen molar-refractivity contribution in [2.45, 2.75) is 25.5 Å². The number of ether oxygens (including phenoxy) is 1. The first-order chi connectivity index (χ1) is 12.5. The van der Waals surface area contributed by atoms with Crippen molar-refractivity contribution in [3.63, 3.8) is 0 Å². The summed E-state index contributed by atoms with van der Waals surface area (Å²) in [6.45, 7) is 4.42. The fourth-order valence-corrected chi connectivity index (χ4v) is 4.12. The number of imidazole rings is 1. The molecule has 0 unspecified atom stereocenters. The number of nitrogens with one attached hydrogen (secondary N) is 1. The molecule has 0 atom stereocenters. The zero-order valence-corrected chi connectivity index (χ0v) is 16.1. The number of fused-ring (bicyclic) bond motifs is 1. The van der Waals surface area contributed by atoms with E-state index in [9.17, 15) is 9.59 Å². The van der Waals surface area contributed by atoms with Crippen molar-refractivity contribution in [2.24, 2.45) is 0 Å². The number of aryl methyl sites for hydroxylation is 2. The van der Waals surface area contributed by atoms with Gasteiger partial charge in [0.25, 0.3) is 0 Å². The van der Waals surface area contributed by atoms with Gasteiger partial charge in [-0.1, -0.05) is 23.1 Å². The summed E-state index contributed by atoms with van der Waals surface area (Å²) in [5.74, 6) is -0.503. The molecule has 0 aliphatic heterocycles. The van der Waals surface area contributed by atoms with E-state index in [0.29, 0.717) is 22.2 Å². The van der Waals surface area contributed by atoms with Crippen LogP contribution in [0.2, 0.25) is 0 Å². The maximum absolute atomic E-state index is 12.2. The second-order valence-electron chi connectivity index (χ2n) is 5.25. The van der Waals surface area contributed by atoms with E-state index in [-0.39, 0.29) is 11.7 Å². The quantitative estimate of drug-likeness (QED) is 0.509. The number of anilines is 1. The largest absolute Gasteiger partial charge is 0.465 e. The Labute approximate surface area is 158 Å². The summed E-state index contributed by atoms with van der Waals surface area (Å²) in [6.07, 6.45) is 1.72. The van der Waals surface area contributed by atoms with Gasteiger partial charge in [0.05, 0.1) is 18.6 Å². The minimum atomic E-state index is -0.459. The minimum absolute atomic E-state index is 0.176. The third kappa shape index (κ3) is 3.70. The Morgan fingerprint density at radius 2 is 2.19 bits per heavy atom. The van der Waals surface area contributed by atoms with E-state index in [4.69, 9.17) is 4.74 Å². The number of carbonyl (C=O) groups excluding carboxylic acids is 2. The van der Waals surface area contributed by atoms with Gasteiger partial charge in [0.15, 0.2) is 15.9 Å². The highest BCUT2D eigenvalue weighted by Gasteiger charge is 2.18. The van der Waals surface area contributed by atoms with Crippen molar-refractivity contribution in [1.82, 2.24) is 19.5 Å². The molecule has 10 heteroatoms. The minimum Gasteiger partial charge on any atom is -0.465 e. The Balaban J connectivity index is 1.67. The normalized spacial score (nSPS) is 10.9. The number of thiazole rings is 1. The number of esters is 1. The lowest BCUT2D eigenvalue weighted by atomic mass is 10.4. The van der Waals surface area contributed by atoms with Crippen LogP contribution >= 0.6 is 23.1 Å². The molecule has 136 valence electrons. The van der Waals surface area contributed by atoms with Crippen molar-refractivity contribution in [3.05, 3.63) is 28.9 Å². The Morgan fingerprint density at radius 1 is 1.38 bits per heavy atom. The molecule has 3 rings (SSSR count). The average Bonchev–Trinajstić information content (AvgIpc) is 3.18. The van der Waals surface area contributed by atoms with Crippen LogP contribution in [0.5, 0.6) is 0 Å². The number of aromatic nitrogens is 4. The highest BCUT2D eigenvalue weighted by Crippen LogP contribution is 2.25. The van der Waals surface area contributed by atoms with E-state index in [1.807, 2.05) is 23.6 Å². The lowest BCUT2D eigenvalue weighted by molar-refractivity contribution is -0.113. The number of amides is 1. The van der Waals surface area contributed by atoms with Gasteiger partial charge in [0.2, 0.25) is 5.91 Å². The van der Waals surface area contributed by atoms with Gasteiger partial charge in [0, 0.05) is 12.7 Å². The number of hydrogen-bond acceptors (Lipinski definition) is 8. The smallest absolute Gasteiger partial charge is 0.350 e. The summed E-state index contributed by atoms with van der Waals surface area (Å²) >= 11 is 2.43. The Bertz CT molecular complexity index is 966. The van der Waals surface area contributed by atoms with Crippen molar-refractivity contribution in [3.8, 4) is 0 Å². The van der Waals surface area contributed by atoms with E-state index >= 15 is 0 Å². The average molecular weight is 391 g/mol. The summed E-state index contributed by atoms with van der Waals surface area (Å²) in [7, 11) is 1.31. The van der Waals surface area contributed by atoms with Gasteiger partial charge >= 0.3 is 5.97 Å². The van der Waals surface area contributed by atoms with Crippen LogP contribution in [0.15, 0.2) is 23.5 Å². The van der Waals surface area contributed by atoms with Gasteiger partial charge < -0.3 is 14.6 Å². The van der Waals surface area contributed by atoms with Gasteiger partial charge in [-0.05, 0) is 26.0 Å². The molecule has 0 aliphatic rings. The number of carbonyl (C=O) groups is 2. The zero-order chi connectivity index (χ0) is 18.7. The van der Waals surface area contributed by atoms with E-state index in [0.717, 1.165) is 27.7 Å². The molecule has 0 spiro atoms. The molecule has 3 aromatic rings. The number of pyridine rings is 1. The first-order valence-electron chi connectivity index (χ1n) is 7.83. The van der Waals surface area contributed by atoms with Gasteiger partial charge in [-0.15, -0.1) is 0 Å². The molecule has 0 aromatic carbocycles. The number of rotatable bonds is 6. The van der Waals surface area contributed by atoms with Crippen LogP contribution < -0.4 is 5.32 Å². The first kappa shape index (κ1) is 18.3. The second-order valence-corrected chi connectivity index (χ2v) is 7.19. The second kappa shape index (κ2) is 7.83. The molecule has 0 fully saturated rings. The van der Waals surface area contributed by atoms with E-state index < -0.39 is 5.97 Å². The third-order valence-electron chi connectivity index (χ3n) is 3.53. The van der Waals surface area contributed by atoms with Gasteiger partial charge in [-0.2, -0.15) is 0 Å². The zero-order valence-electron chi connectivity index (χ0n) is 14.5. The summed E-state index contributed by atoms with van der Waals surface area (Å²) in [5.41, 5.74) is 2.13. The molecule has 0 bridgehead atoms. The number of methoxy groups -OCH3 is 1. The number of thioether (sulfide) groups is 1. The molecule has 3 aromatic heterocycles. The Morgan fingerprint density at radius 3 is 2.92 bits per heavy atom. The maximum Gasteiger partial charge on any atom is 0.350 e. The molecule has 0 saturated heterocycles. The SMILES string of the molecule is CCn1c(SCC(=O)Nc2nc(C)c(C(=O)OC)s2)nc2cccnc21. The lowest BCUT2D eigenvalue weighted by Gasteiger charge is -2.04. The van der Waals surface area contributed by atoms with Crippen LogP contribution in [0.3, 0.4) is 0 Å². The van der Waals surface area contributed by atoms with Crippen LogP contribution in [0, 0.1) is 6.92 Å². The molecule has 0 aliphatic carbocycles. The summed E-state index contributed by atoms with van der Waals surface area (Å²) in [4.78, 5) is 37.3. The molecule has 0 radical (unpaired) electrons. The maximum atomic E-state index is 12.2. The molecule has 1 N–H and O–H groups in total. The van der Waals surface area contributed by atoms with Crippen LogP contribution in [0.25, 0.3) is 11.2 Å². The third-order valence-corrected chi connectivity index (χ3v) is 5.56. The number of nitrogens with zero attached hydrogens (tertiary/aromatic N) is 4. The molecular formula is C16H17N5O3S2. The Hall–Kier alpha value is -2.46. The van der Waals surface area contributed by atoms with Crippen molar-refractivity contribution < 1.29 is 14.3 Å². The van der Waals surface area contributed by atoms with Crippen molar-refractivity contribution in [2.75, 3.05) is 18.2 Å². The predicted molar refractivity (Wildman–Crippen MR) is 101 cm³/mol. The number of hydrogen-bond donors (Lipinski definition) is 1. The summed E-state index contributed by atoms with van der Waals surface area (Å²) in [6, 6.07) is 3.73. The lowest BCUT2D eigenvalue weighted by Crippen LogP contribution is -2.14. The van der Waals surface area contributed by atoms with Crippen LogP contribution in [-0.4, -0.2) is 44.3 Å². The molecule has 0 saturated carbocycles. The molecule has 1 amide bonds. The van der Waals surface area contributed by atoms with Crippen molar-refractivity contribution >= 4 is 51.3 Å². The molecule has 8 nitrogen and oxygen atoms in total. The molecule has 3 heterocycles. The van der Waals surface area contributed by atoms with E-state index in [2.05, 4.69) is 20.3 Å². The van der Waals surface area contributed by atoms with Gasteiger partial charge in [-0.3, -0.25) is 4.79 Å². The standard InChI is InChI=1S/C16H17N5O3S2/c1-4-21-13-10(6-5-7-17-13)19-16(21)25-8-11(22)20-15-18-9(2)12(26-15)14(23)24-3/h5-7H,4,8H2,1-3H3,(H,18,20,22). The van der Waals surface area contributed by atoms with E-state index in [1.54, 1.807) is 13.1 Å². The first-order valence-corrected chi connectivity index (χ1v) is 9.63. The van der Waals surface area contributed by atoms with Crippen LogP contribution in [0.1, 0.15) is 22.3 Å². The molecule has 26 heavy (non-hydrogen) atoms. The van der Waals surface area contributed by atoms with Crippen LogP contribution in [-0.2, 0) is 16.1 Å². The van der Waals surface area contributed by atoms with Gasteiger partial charge in [-0.25, -0.2) is 19.7 Å². The van der Waals surface area contributed by atoms with E-state index in [1.165, 1.54) is 18.9 Å². The topological polar surface area (TPSA) is 99.0 Å². The fraction of sp³-hybridized carbons (Fsp3) is 0.312.